The van der Waals surface area contributed by atoms with Gasteiger partial charge in [0.25, 0.3) is 0 Å². The first-order chi connectivity index (χ1) is 9.74. The van der Waals surface area contributed by atoms with Crippen LogP contribution in [0.1, 0.15) is 12.2 Å². The van der Waals surface area contributed by atoms with Crippen LogP contribution in [-0.2, 0) is 11.3 Å². The fourth-order valence-corrected chi connectivity index (χ4v) is 2.83. The van der Waals surface area contributed by atoms with Crippen LogP contribution in [-0.4, -0.2) is 47.3 Å². The molecule has 0 unspecified atom stereocenters. The van der Waals surface area contributed by atoms with E-state index in [1.54, 1.807) is 0 Å². The minimum atomic E-state index is 0.774. The summed E-state index contributed by atoms with van der Waals surface area (Å²) in [6.07, 6.45) is 1.14. The quantitative estimate of drug-likeness (QED) is 0.861. The van der Waals surface area contributed by atoms with E-state index in [9.17, 15) is 0 Å². The number of hydrogen-bond donors (Lipinski definition) is 1. The van der Waals surface area contributed by atoms with Gasteiger partial charge in [-0.15, -0.1) is 0 Å². The molecule has 0 amide bonds. The Morgan fingerprint density at radius 2 is 2.05 bits per heavy atom. The molecule has 20 heavy (non-hydrogen) atoms. The number of morpholine rings is 1. The zero-order chi connectivity index (χ0) is 13.9. The van der Waals surface area contributed by atoms with Crippen LogP contribution < -0.4 is 5.73 Å². The first kappa shape index (κ1) is 13.4. The molecule has 0 radical (unpaired) electrons. The van der Waals surface area contributed by atoms with Crippen molar-refractivity contribution >= 4 is 16.7 Å². The highest BCUT2D eigenvalue weighted by Crippen LogP contribution is 2.19. The maximum Gasteiger partial charge on any atom is 0.106 e. The van der Waals surface area contributed by atoms with Crippen LogP contribution in [0.25, 0.3) is 11.0 Å². The van der Waals surface area contributed by atoms with E-state index in [0.29, 0.717) is 0 Å². The topological polar surface area (TPSA) is 56.3 Å². The van der Waals surface area contributed by atoms with Gasteiger partial charge in [0.05, 0.1) is 24.2 Å². The Morgan fingerprint density at radius 3 is 2.85 bits per heavy atom. The van der Waals surface area contributed by atoms with Gasteiger partial charge in [-0.3, -0.25) is 4.90 Å². The average molecular weight is 274 g/mol. The fourth-order valence-electron chi connectivity index (χ4n) is 2.83. The molecule has 3 rings (SSSR count). The minimum absolute atomic E-state index is 0.774. The highest BCUT2D eigenvalue weighted by molar-refractivity contribution is 5.79. The Morgan fingerprint density at radius 1 is 1.25 bits per heavy atom. The van der Waals surface area contributed by atoms with Gasteiger partial charge in [-0.05, 0) is 31.5 Å². The third-order valence-corrected chi connectivity index (χ3v) is 3.92. The number of fused-ring (bicyclic) bond motifs is 1. The Balaban J connectivity index is 1.66. The molecule has 2 heterocycles. The lowest BCUT2D eigenvalue weighted by molar-refractivity contribution is 0.0369. The van der Waals surface area contributed by atoms with Crippen molar-refractivity contribution in [3.8, 4) is 0 Å². The molecular formula is C15H22N4O. The zero-order valence-corrected chi connectivity index (χ0v) is 12.0. The molecule has 5 heteroatoms. The molecule has 0 atom stereocenters. The summed E-state index contributed by atoms with van der Waals surface area (Å²) in [5.41, 5.74) is 8.76. The van der Waals surface area contributed by atoms with Crippen LogP contribution in [0, 0.1) is 6.92 Å². The zero-order valence-electron chi connectivity index (χ0n) is 12.0. The normalized spacial score (nSPS) is 16.9. The molecule has 2 N–H and O–H groups in total. The van der Waals surface area contributed by atoms with Crippen LogP contribution in [0.5, 0.6) is 0 Å². The number of nitrogens with two attached hydrogens (primary N) is 1. The highest BCUT2D eigenvalue weighted by atomic mass is 16.5. The number of benzene rings is 1. The molecule has 1 aromatic carbocycles. The van der Waals surface area contributed by atoms with Gasteiger partial charge < -0.3 is 15.0 Å². The second kappa shape index (κ2) is 5.81. The lowest BCUT2D eigenvalue weighted by Gasteiger charge is -2.26. The van der Waals surface area contributed by atoms with Crippen molar-refractivity contribution in [3.05, 3.63) is 24.0 Å². The van der Waals surface area contributed by atoms with Crippen molar-refractivity contribution in [2.24, 2.45) is 0 Å². The predicted molar refractivity (Wildman–Crippen MR) is 80.8 cm³/mol. The van der Waals surface area contributed by atoms with E-state index in [4.69, 9.17) is 10.5 Å². The van der Waals surface area contributed by atoms with Crippen molar-refractivity contribution in [2.75, 3.05) is 38.6 Å². The third kappa shape index (κ3) is 2.78. The Kier molecular flexibility index (Phi) is 3.89. The first-order valence-corrected chi connectivity index (χ1v) is 7.26. The van der Waals surface area contributed by atoms with E-state index in [1.165, 1.54) is 5.52 Å². The summed E-state index contributed by atoms with van der Waals surface area (Å²) in [6.45, 7) is 8.03. The summed E-state index contributed by atoms with van der Waals surface area (Å²) >= 11 is 0. The lowest BCUT2D eigenvalue weighted by Crippen LogP contribution is -2.37. The monoisotopic (exact) mass is 274 g/mol. The van der Waals surface area contributed by atoms with Crippen LogP contribution in [0.2, 0.25) is 0 Å². The maximum atomic E-state index is 5.81. The molecule has 1 saturated heterocycles. The van der Waals surface area contributed by atoms with Crippen LogP contribution in [0.4, 0.5) is 5.69 Å². The van der Waals surface area contributed by atoms with E-state index in [-0.39, 0.29) is 0 Å². The Hall–Kier alpha value is -1.59. The van der Waals surface area contributed by atoms with Crippen LogP contribution in [0.15, 0.2) is 18.2 Å². The minimum Gasteiger partial charge on any atom is -0.399 e. The number of ether oxygens (including phenoxy) is 1. The summed E-state index contributed by atoms with van der Waals surface area (Å²) in [4.78, 5) is 7.06. The molecule has 2 aromatic rings. The summed E-state index contributed by atoms with van der Waals surface area (Å²) < 4.78 is 7.66. The molecule has 1 aliphatic rings. The van der Waals surface area contributed by atoms with Crippen molar-refractivity contribution in [2.45, 2.75) is 19.9 Å². The van der Waals surface area contributed by atoms with Gasteiger partial charge in [-0.25, -0.2) is 4.98 Å². The number of imidazole rings is 1. The molecule has 0 bridgehead atoms. The first-order valence-electron chi connectivity index (χ1n) is 7.26. The molecule has 1 fully saturated rings. The van der Waals surface area contributed by atoms with Gasteiger partial charge in [0.1, 0.15) is 5.82 Å². The molecule has 1 aliphatic heterocycles. The summed E-state index contributed by atoms with van der Waals surface area (Å²) in [6, 6.07) is 5.96. The van der Waals surface area contributed by atoms with Crippen molar-refractivity contribution in [1.29, 1.82) is 0 Å². The second-order valence-electron chi connectivity index (χ2n) is 5.37. The van der Waals surface area contributed by atoms with Gasteiger partial charge >= 0.3 is 0 Å². The van der Waals surface area contributed by atoms with Gasteiger partial charge in [-0.2, -0.15) is 0 Å². The highest BCUT2D eigenvalue weighted by Gasteiger charge is 2.11. The molecule has 1 aromatic heterocycles. The fraction of sp³-hybridized carbons (Fsp3) is 0.533. The molecule has 0 saturated carbocycles. The van der Waals surface area contributed by atoms with Crippen molar-refractivity contribution < 1.29 is 4.74 Å². The maximum absolute atomic E-state index is 5.81. The Labute approximate surface area is 119 Å². The van der Waals surface area contributed by atoms with E-state index < -0.39 is 0 Å². The van der Waals surface area contributed by atoms with Gasteiger partial charge in [-0.1, -0.05) is 0 Å². The van der Waals surface area contributed by atoms with Gasteiger partial charge in [0.2, 0.25) is 0 Å². The summed E-state index contributed by atoms with van der Waals surface area (Å²) in [5.74, 6) is 1.06. The standard InChI is InChI=1S/C15H22N4O/c1-12-17-14-11-13(16)3-4-15(14)19(12)6-2-5-18-7-9-20-10-8-18/h3-4,11H,2,5-10,16H2,1H3. The molecule has 0 spiro atoms. The Bertz CT molecular complexity index is 587. The van der Waals surface area contributed by atoms with Gasteiger partial charge in [0.15, 0.2) is 0 Å². The number of nitrogens with zero attached hydrogens (tertiary/aromatic N) is 3. The number of hydrogen-bond acceptors (Lipinski definition) is 4. The summed E-state index contributed by atoms with van der Waals surface area (Å²) in [5, 5.41) is 0. The number of rotatable bonds is 4. The molecule has 0 aliphatic carbocycles. The lowest BCUT2D eigenvalue weighted by atomic mass is 10.2. The van der Waals surface area contributed by atoms with Crippen LogP contribution in [0.3, 0.4) is 0 Å². The van der Waals surface area contributed by atoms with Crippen LogP contribution >= 0.6 is 0 Å². The second-order valence-corrected chi connectivity index (χ2v) is 5.37. The number of anilines is 1. The van der Waals surface area contributed by atoms with Crippen molar-refractivity contribution in [3.63, 3.8) is 0 Å². The molecule has 108 valence electrons. The SMILES string of the molecule is Cc1nc2cc(N)ccc2n1CCCN1CCOCC1. The van der Waals surface area contributed by atoms with E-state index in [2.05, 4.69) is 27.4 Å². The number of nitrogen functional groups attached to an aromatic ring is 1. The van der Waals surface area contributed by atoms with E-state index in [1.807, 2.05) is 12.1 Å². The third-order valence-electron chi connectivity index (χ3n) is 3.92. The number of aryl methyl sites for hydroxylation is 2. The largest absolute Gasteiger partial charge is 0.399 e. The van der Waals surface area contributed by atoms with Gasteiger partial charge in [0, 0.05) is 31.9 Å². The predicted octanol–water partition coefficient (Wildman–Crippen LogP) is 1.65. The van der Waals surface area contributed by atoms with E-state index >= 15 is 0 Å². The molecular weight excluding hydrogens is 252 g/mol. The summed E-state index contributed by atoms with van der Waals surface area (Å²) in [7, 11) is 0. The van der Waals surface area contributed by atoms with Crippen molar-refractivity contribution in [1.82, 2.24) is 14.5 Å². The van der Waals surface area contributed by atoms with E-state index in [0.717, 1.165) is 62.8 Å². The number of aromatic nitrogens is 2. The molecule has 5 nitrogen and oxygen atoms in total. The average Bonchev–Trinajstić information content (AvgIpc) is 2.75. The smallest absolute Gasteiger partial charge is 0.106 e.